The van der Waals surface area contributed by atoms with Gasteiger partial charge in [-0.3, -0.25) is 0 Å². The number of esters is 1. The van der Waals surface area contributed by atoms with Gasteiger partial charge in [-0.15, -0.1) is 22.0 Å². The number of fused-ring (bicyclic) bond motifs is 1. The van der Waals surface area contributed by atoms with Crippen molar-refractivity contribution in [1.82, 2.24) is 19.6 Å². The molecule has 26 heavy (non-hydrogen) atoms. The highest BCUT2D eigenvalue weighted by Gasteiger charge is 2.25. The van der Waals surface area contributed by atoms with E-state index in [2.05, 4.69) is 25.5 Å². The van der Waals surface area contributed by atoms with Crippen molar-refractivity contribution in [2.75, 3.05) is 24.1 Å². The van der Waals surface area contributed by atoms with Crippen molar-refractivity contribution >= 4 is 46.6 Å². The molecule has 1 N–H and O–H groups in total. The van der Waals surface area contributed by atoms with Crippen LogP contribution in [0.25, 0.3) is 5.65 Å². The zero-order valence-electron chi connectivity index (χ0n) is 14.9. The summed E-state index contributed by atoms with van der Waals surface area (Å²) >= 11 is 2.65. The number of rotatable bonds is 8. The van der Waals surface area contributed by atoms with E-state index < -0.39 is 5.97 Å². The number of thioether (sulfide) groups is 2. The third-order valence-electron chi connectivity index (χ3n) is 3.23. The van der Waals surface area contributed by atoms with Gasteiger partial charge in [0, 0.05) is 5.92 Å². The standard InChI is InChI=1S/C15H19N7O2S2/c1-5-24-14(23)10-12-21-20-11(9(2)3)22(12)15(19-13(10)25-4)18-8-26-7-17-6-16/h7,9H,5,8H2,1-4H3,(H,18,19). The Balaban J connectivity index is 2.55. The molecular weight excluding hydrogens is 374 g/mol. The number of aliphatic imine (C=N–C) groups is 1. The number of ether oxygens (including phenoxy) is 1. The summed E-state index contributed by atoms with van der Waals surface area (Å²) in [5, 5.41) is 20.6. The fraction of sp³-hybridized carbons (Fsp3) is 0.467. The van der Waals surface area contributed by atoms with Crippen LogP contribution < -0.4 is 5.32 Å². The van der Waals surface area contributed by atoms with Crippen LogP contribution >= 0.6 is 23.5 Å². The number of carbonyl (C=O) groups is 1. The van der Waals surface area contributed by atoms with Gasteiger partial charge in [-0.25, -0.2) is 14.2 Å². The molecular formula is C15H19N7O2S2. The van der Waals surface area contributed by atoms with E-state index in [9.17, 15) is 4.79 Å². The quantitative estimate of drug-likeness (QED) is 0.106. The first-order valence-electron chi connectivity index (χ1n) is 7.81. The Morgan fingerprint density at radius 1 is 1.50 bits per heavy atom. The molecule has 0 aromatic carbocycles. The molecule has 138 valence electrons. The van der Waals surface area contributed by atoms with Crippen molar-refractivity contribution in [3.63, 3.8) is 0 Å². The van der Waals surface area contributed by atoms with E-state index in [0.717, 1.165) is 0 Å². The van der Waals surface area contributed by atoms with Gasteiger partial charge in [-0.05, 0) is 13.2 Å². The second-order valence-electron chi connectivity index (χ2n) is 5.23. The van der Waals surface area contributed by atoms with Crippen LogP contribution in [0.1, 0.15) is 42.9 Å². The zero-order valence-corrected chi connectivity index (χ0v) is 16.5. The van der Waals surface area contributed by atoms with Gasteiger partial charge in [0.05, 0.1) is 18.0 Å². The van der Waals surface area contributed by atoms with Crippen LogP contribution in [0.15, 0.2) is 10.0 Å². The Hall–Kier alpha value is -2.32. The summed E-state index contributed by atoms with van der Waals surface area (Å²) < 4.78 is 6.90. The van der Waals surface area contributed by atoms with Crippen molar-refractivity contribution in [2.45, 2.75) is 31.7 Å². The summed E-state index contributed by atoms with van der Waals surface area (Å²) in [6.45, 7) is 5.99. The Bertz CT molecular complexity index is 858. The molecule has 0 atom stereocenters. The van der Waals surface area contributed by atoms with Crippen LogP contribution in [-0.2, 0) is 4.74 Å². The molecule has 0 saturated carbocycles. The van der Waals surface area contributed by atoms with Gasteiger partial charge in [-0.2, -0.15) is 10.3 Å². The van der Waals surface area contributed by atoms with Crippen LogP contribution in [0.5, 0.6) is 0 Å². The number of anilines is 1. The van der Waals surface area contributed by atoms with Gasteiger partial charge in [0.2, 0.25) is 12.1 Å². The lowest BCUT2D eigenvalue weighted by atomic mass is 10.2. The van der Waals surface area contributed by atoms with Crippen molar-refractivity contribution in [3.05, 3.63) is 11.4 Å². The fourth-order valence-corrected chi connectivity index (χ4v) is 3.16. The molecule has 2 heterocycles. The zero-order chi connectivity index (χ0) is 19.1. The van der Waals surface area contributed by atoms with Gasteiger partial charge >= 0.3 is 5.97 Å². The van der Waals surface area contributed by atoms with Gasteiger partial charge in [0.1, 0.15) is 16.4 Å². The van der Waals surface area contributed by atoms with E-state index >= 15 is 0 Å². The molecule has 0 fully saturated rings. The molecule has 0 aliphatic rings. The smallest absolute Gasteiger partial charge is 0.344 e. The number of aromatic nitrogens is 4. The largest absolute Gasteiger partial charge is 0.462 e. The van der Waals surface area contributed by atoms with E-state index in [1.165, 1.54) is 29.1 Å². The molecule has 0 unspecified atom stereocenters. The highest BCUT2D eigenvalue weighted by atomic mass is 32.2. The Kier molecular flexibility index (Phi) is 7.23. The van der Waals surface area contributed by atoms with E-state index in [4.69, 9.17) is 10.00 Å². The lowest BCUT2D eigenvalue weighted by Crippen LogP contribution is -2.15. The number of nitriles is 1. The number of nitrogens with one attached hydrogen (secondary N) is 1. The molecule has 0 saturated heterocycles. The molecule has 0 bridgehead atoms. The average molecular weight is 393 g/mol. The minimum absolute atomic E-state index is 0.0790. The van der Waals surface area contributed by atoms with Crippen LogP contribution in [0.4, 0.5) is 5.95 Å². The van der Waals surface area contributed by atoms with E-state index in [0.29, 0.717) is 33.9 Å². The third kappa shape index (κ3) is 4.25. The summed E-state index contributed by atoms with van der Waals surface area (Å²) in [7, 11) is 0. The molecule has 2 aromatic heterocycles. The van der Waals surface area contributed by atoms with Crippen molar-refractivity contribution in [3.8, 4) is 6.19 Å². The maximum Gasteiger partial charge on any atom is 0.344 e. The molecule has 2 aromatic rings. The van der Waals surface area contributed by atoms with Gasteiger partial charge in [0.25, 0.3) is 0 Å². The Morgan fingerprint density at radius 3 is 2.88 bits per heavy atom. The summed E-state index contributed by atoms with van der Waals surface area (Å²) in [6, 6.07) is 0. The van der Waals surface area contributed by atoms with Crippen LogP contribution in [0.2, 0.25) is 0 Å². The molecule has 2 rings (SSSR count). The number of hydrogen-bond donors (Lipinski definition) is 1. The summed E-state index contributed by atoms with van der Waals surface area (Å²) in [5.41, 5.74) is 2.16. The first-order chi connectivity index (χ1) is 12.5. The predicted molar refractivity (Wildman–Crippen MR) is 103 cm³/mol. The molecule has 0 radical (unpaired) electrons. The first-order valence-corrected chi connectivity index (χ1v) is 10.1. The third-order valence-corrected chi connectivity index (χ3v) is 4.48. The van der Waals surface area contributed by atoms with E-state index in [1.807, 2.05) is 20.1 Å². The van der Waals surface area contributed by atoms with Gasteiger partial charge in [0.15, 0.2) is 5.65 Å². The van der Waals surface area contributed by atoms with Crippen LogP contribution in [0.3, 0.4) is 0 Å². The maximum absolute atomic E-state index is 12.4. The monoisotopic (exact) mass is 393 g/mol. The van der Waals surface area contributed by atoms with E-state index in [1.54, 1.807) is 17.5 Å². The minimum atomic E-state index is -0.473. The average Bonchev–Trinajstić information content (AvgIpc) is 3.06. The van der Waals surface area contributed by atoms with Crippen molar-refractivity contribution in [2.24, 2.45) is 4.99 Å². The number of nitrogens with zero attached hydrogens (tertiary/aromatic N) is 6. The summed E-state index contributed by atoms with van der Waals surface area (Å²) in [6.07, 6.45) is 3.52. The van der Waals surface area contributed by atoms with E-state index in [-0.39, 0.29) is 12.5 Å². The summed E-state index contributed by atoms with van der Waals surface area (Å²) in [4.78, 5) is 20.5. The highest BCUT2D eigenvalue weighted by Crippen LogP contribution is 2.28. The van der Waals surface area contributed by atoms with Crippen molar-refractivity contribution in [1.29, 1.82) is 5.26 Å². The molecule has 0 amide bonds. The van der Waals surface area contributed by atoms with Gasteiger partial charge < -0.3 is 10.1 Å². The van der Waals surface area contributed by atoms with Crippen LogP contribution in [-0.4, -0.2) is 49.8 Å². The normalized spacial score (nSPS) is 11.2. The Morgan fingerprint density at radius 2 is 2.27 bits per heavy atom. The first kappa shape index (κ1) is 20.0. The number of hydrogen-bond acceptors (Lipinski definition) is 10. The molecule has 11 heteroatoms. The predicted octanol–water partition coefficient (Wildman–Crippen LogP) is 2.76. The second-order valence-corrected chi connectivity index (χ2v) is 6.86. The lowest BCUT2D eigenvalue weighted by Gasteiger charge is -2.14. The lowest BCUT2D eigenvalue weighted by molar-refractivity contribution is 0.0523. The summed E-state index contributed by atoms with van der Waals surface area (Å²) in [5.74, 6) is 1.25. The van der Waals surface area contributed by atoms with Crippen LogP contribution in [0, 0.1) is 11.5 Å². The highest BCUT2D eigenvalue weighted by molar-refractivity contribution is 8.12. The van der Waals surface area contributed by atoms with Gasteiger partial charge in [-0.1, -0.05) is 25.6 Å². The molecule has 9 nitrogen and oxygen atoms in total. The SMILES string of the molecule is CCOC(=O)c1c(SC)nc(NCSC=NC#N)n2c(C(C)C)nnc12. The fourth-order valence-electron chi connectivity index (χ4n) is 2.19. The molecule has 0 spiro atoms. The second kappa shape index (κ2) is 9.40. The minimum Gasteiger partial charge on any atom is -0.462 e. The maximum atomic E-state index is 12.4. The topological polar surface area (TPSA) is 118 Å². The molecule has 0 aliphatic carbocycles. The Labute approximate surface area is 159 Å². The van der Waals surface area contributed by atoms with Crippen molar-refractivity contribution < 1.29 is 9.53 Å². The number of carbonyl (C=O) groups excluding carboxylic acids is 1. The molecule has 0 aliphatic heterocycles.